The zero-order valence-corrected chi connectivity index (χ0v) is 14.0. The average Bonchev–Trinajstić information content (AvgIpc) is 2.82. The Morgan fingerprint density at radius 3 is 2.67 bits per heavy atom. The number of aromatic nitrogens is 1. The SMILES string of the molecule is O=[N+]([O-])c1cccnc1N1CCCN(Cc2ccc(Cl)cc2)CC1. The summed E-state index contributed by atoms with van der Waals surface area (Å²) in [6, 6.07) is 11.0. The molecule has 0 saturated carbocycles. The third-order valence-electron chi connectivity index (χ3n) is 4.17. The van der Waals surface area contributed by atoms with Gasteiger partial charge in [0.05, 0.1) is 4.92 Å². The van der Waals surface area contributed by atoms with Crippen LogP contribution in [0.3, 0.4) is 0 Å². The third kappa shape index (κ3) is 4.01. The lowest BCUT2D eigenvalue weighted by molar-refractivity contribution is -0.384. The van der Waals surface area contributed by atoms with Gasteiger partial charge < -0.3 is 4.90 Å². The van der Waals surface area contributed by atoms with Crippen LogP contribution in [-0.4, -0.2) is 41.0 Å². The van der Waals surface area contributed by atoms with Crippen LogP contribution in [0.4, 0.5) is 11.5 Å². The van der Waals surface area contributed by atoms with E-state index in [4.69, 9.17) is 11.6 Å². The van der Waals surface area contributed by atoms with Crippen LogP contribution in [0.25, 0.3) is 0 Å². The van der Waals surface area contributed by atoms with E-state index >= 15 is 0 Å². The summed E-state index contributed by atoms with van der Waals surface area (Å²) in [5.74, 6) is 0.468. The Labute approximate surface area is 145 Å². The average molecular weight is 347 g/mol. The summed E-state index contributed by atoms with van der Waals surface area (Å²) >= 11 is 5.93. The third-order valence-corrected chi connectivity index (χ3v) is 4.42. The molecule has 1 aromatic heterocycles. The first-order valence-corrected chi connectivity index (χ1v) is 8.32. The van der Waals surface area contributed by atoms with Gasteiger partial charge in [0.2, 0.25) is 5.82 Å². The molecule has 7 heteroatoms. The molecule has 1 aliphatic heterocycles. The molecule has 24 heavy (non-hydrogen) atoms. The highest BCUT2D eigenvalue weighted by Gasteiger charge is 2.23. The van der Waals surface area contributed by atoms with Gasteiger partial charge in [0.25, 0.3) is 0 Å². The second-order valence-electron chi connectivity index (χ2n) is 5.85. The minimum Gasteiger partial charge on any atom is -0.350 e. The van der Waals surface area contributed by atoms with Gasteiger partial charge in [-0.1, -0.05) is 23.7 Å². The van der Waals surface area contributed by atoms with Crippen molar-refractivity contribution in [3.05, 3.63) is 63.3 Å². The van der Waals surface area contributed by atoms with Gasteiger partial charge in [-0.05, 0) is 30.2 Å². The number of rotatable bonds is 4. The molecule has 0 unspecified atom stereocenters. The van der Waals surface area contributed by atoms with Gasteiger partial charge in [-0.15, -0.1) is 0 Å². The summed E-state index contributed by atoms with van der Waals surface area (Å²) in [6.07, 6.45) is 2.56. The fourth-order valence-corrected chi connectivity index (χ4v) is 3.09. The molecule has 1 aromatic carbocycles. The minimum atomic E-state index is -0.362. The molecule has 2 heterocycles. The lowest BCUT2D eigenvalue weighted by Crippen LogP contribution is -2.31. The largest absolute Gasteiger partial charge is 0.350 e. The molecule has 0 N–H and O–H groups in total. The van der Waals surface area contributed by atoms with Gasteiger partial charge in [0, 0.05) is 50.0 Å². The molecule has 1 fully saturated rings. The maximum absolute atomic E-state index is 11.2. The Balaban J connectivity index is 1.67. The topological polar surface area (TPSA) is 62.5 Å². The maximum atomic E-state index is 11.2. The Hall–Kier alpha value is -2.18. The highest BCUT2D eigenvalue weighted by molar-refractivity contribution is 6.30. The van der Waals surface area contributed by atoms with E-state index in [9.17, 15) is 10.1 Å². The van der Waals surface area contributed by atoms with Crippen molar-refractivity contribution in [1.29, 1.82) is 0 Å². The molecule has 0 atom stereocenters. The molecule has 0 bridgehead atoms. The number of hydrogen-bond acceptors (Lipinski definition) is 5. The zero-order chi connectivity index (χ0) is 16.9. The summed E-state index contributed by atoms with van der Waals surface area (Å²) in [7, 11) is 0. The van der Waals surface area contributed by atoms with Gasteiger partial charge in [-0.2, -0.15) is 0 Å². The molecule has 2 aromatic rings. The molecule has 1 aliphatic rings. The van der Waals surface area contributed by atoms with E-state index in [1.165, 1.54) is 11.6 Å². The summed E-state index contributed by atoms with van der Waals surface area (Å²) in [5, 5.41) is 11.9. The van der Waals surface area contributed by atoms with Crippen molar-refractivity contribution < 1.29 is 4.92 Å². The number of nitrogens with zero attached hydrogens (tertiary/aromatic N) is 4. The van der Waals surface area contributed by atoms with Crippen molar-refractivity contribution in [2.75, 3.05) is 31.1 Å². The Bertz CT molecular complexity index is 708. The summed E-state index contributed by atoms with van der Waals surface area (Å²) in [6.45, 7) is 4.16. The molecular formula is C17H19ClN4O2. The molecule has 0 spiro atoms. The van der Waals surface area contributed by atoms with E-state index < -0.39 is 0 Å². The summed E-state index contributed by atoms with van der Waals surface area (Å²) < 4.78 is 0. The van der Waals surface area contributed by atoms with Crippen LogP contribution in [0.2, 0.25) is 5.02 Å². The maximum Gasteiger partial charge on any atom is 0.311 e. The molecule has 126 valence electrons. The van der Waals surface area contributed by atoms with Crippen molar-refractivity contribution in [1.82, 2.24) is 9.88 Å². The van der Waals surface area contributed by atoms with Crippen molar-refractivity contribution in [2.24, 2.45) is 0 Å². The van der Waals surface area contributed by atoms with Crippen molar-refractivity contribution >= 4 is 23.1 Å². The number of pyridine rings is 1. The van der Waals surface area contributed by atoms with Crippen LogP contribution in [-0.2, 0) is 6.54 Å². The molecule has 0 radical (unpaired) electrons. The second kappa shape index (κ2) is 7.59. The molecule has 6 nitrogen and oxygen atoms in total. The van der Waals surface area contributed by atoms with Gasteiger partial charge in [0.1, 0.15) is 0 Å². The van der Waals surface area contributed by atoms with Crippen LogP contribution >= 0.6 is 11.6 Å². The standard InChI is InChI=1S/C17H19ClN4O2/c18-15-6-4-14(5-7-15)13-20-9-2-10-21(12-11-20)17-16(22(23)24)3-1-8-19-17/h1,3-8H,2,9-13H2. The first kappa shape index (κ1) is 16.7. The van der Waals surface area contributed by atoms with Crippen molar-refractivity contribution in [2.45, 2.75) is 13.0 Å². The van der Waals surface area contributed by atoms with E-state index in [1.807, 2.05) is 29.2 Å². The fraction of sp³-hybridized carbons (Fsp3) is 0.353. The first-order valence-electron chi connectivity index (χ1n) is 7.94. The Morgan fingerprint density at radius 2 is 1.92 bits per heavy atom. The second-order valence-corrected chi connectivity index (χ2v) is 6.28. The van der Waals surface area contributed by atoms with Gasteiger partial charge in [0.15, 0.2) is 0 Å². The predicted octanol–water partition coefficient (Wildman–Crippen LogP) is 3.36. The van der Waals surface area contributed by atoms with Crippen LogP contribution in [0, 0.1) is 10.1 Å². The van der Waals surface area contributed by atoms with E-state index in [0.29, 0.717) is 5.82 Å². The quantitative estimate of drug-likeness (QED) is 0.627. The van der Waals surface area contributed by atoms with Crippen LogP contribution in [0.15, 0.2) is 42.6 Å². The fourth-order valence-electron chi connectivity index (χ4n) is 2.96. The Morgan fingerprint density at radius 1 is 1.12 bits per heavy atom. The number of anilines is 1. The van der Waals surface area contributed by atoms with E-state index in [1.54, 1.807) is 12.3 Å². The minimum absolute atomic E-state index is 0.0728. The molecule has 0 amide bonds. The smallest absolute Gasteiger partial charge is 0.311 e. The number of nitro groups is 1. The highest BCUT2D eigenvalue weighted by atomic mass is 35.5. The van der Waals surface area contributed by atoms with Crippen molar-refractivity contribution in [3.8, 4) is 0 Å². The Kier molecular flexibility index (Phi) is 5.27. The van der Waals surface area contributed by atoms with E-state index in [0.717, 1.165) is 44.2 Å². The number of benzene rings is 1. The molecule has 0 aliphatic carbocycles. The van der Waals surface area contributed by atoms with Crippen LogP contribution in [0.1, 0.15) is 12.0 Å². The van der Waals surface area contributed by atoms with Crippen LogP contribution < -0.4 is 4.90 Å². The zero-order valence-electron chi connectivity index (χ0n) is 13.3. The lowest BCUT2D eigenvalue weighted by atomic mass is 10.2. The highest BCUT2D eigenvalue weighted by Crippen LogP contribution is 2.26. The molecular weight excluding hydrogens is 328 g/mol. The summed E-state index contributed by atoms with van der Waals surface area (Å²) in [4.78, 5) is 19.4. The van der Waals surface area contributed by atoms with E-state index in [2.05, 4.69) is 9.88 Å². The normalized spacial score (nSPS) is 16.0. The van der Waals surface area contributed by atoms with Gasteiger partial charge in [-0.25, -0.2) is 4.98 Å². The number of hydrogen-bond donors (Lipinski definition) is 0. The summed E-state index contributed by atoms with van der Waals surface area (Å²) in [5.41, 5.74) is 1.29. The van der Waals surface area contributed by atoms with E-state index in [-0.39, 0.29) is 10.6 Å². The van der Waals surface area contributed by atoms with Crippen LogP contribution in [0.5, 0.6) is 0 Å². The van der Waals surface area contributed by atoms with Crippen molar-refractivity contribution in [3.63, 3.8) is 0 Å². The van der Waals surface area contributed by atoms with Gasteiger partial charge >= 0.3 is 5.69 Å². The predicted molar refractivity (Wildman–Crippen MR) is 94.5 cm³/mol. The monoisotopic (exact) mass is 346 g/mol. The number of halogens is 1. The lowest BCUT2D eigenvalue weighted by Gasteiger charge is -2.22. The first-order chi connectivity index (χ1) is 11.6. The molecule has 3 rings (SSSR count). The van der Waals surface area contributed by atoms with Gasteiger partial charge in [-0.3, -0.25) is 15.0 Å². The molecule has 1 saturated heterocycles.